The van der Waals surface area contributed by atoms with Crippen LogP contribution in [0.3, 0.4) is 0 Å². The average molecular weight is 322 g/mol. The summed E-state index contributed by atoms with van der Waals surface area (Å²) in [6.07, 6.45) is 3.64. The van der Waals surface area contributed by atoms with Gasteiger partial charge in [-0.25, -0.2) is 0 Å². The van der Waals surface area contributed by atoms with Crippen LogP contribution in [0.15, 0.2) is 72.0 Å². The number of benzene rings is 2. The van der Waals surface area contributed by atoms with Crippen LogP contribution in [0, 0.1) is 0 Å². The molecule has 0 atom stereocenters. The van der Waals surface area contributed by atoms with Crippen molar-refractivity contribution in [2.75, 3.05) is 11.4 Å². The number of carbonyl (C=O) groups excluding carboxylic acids is 2. The zero-order valence-corrected chi connectivity index (χ0v) is 12.9. The van der Waals surface area contributed by atoms with E-state index >= 15 is 0 Å². The number of Topliss-reactive ketones (excluding diaryl/α,β-unsaturated/α-hetero) is 2. The SMILES string of the molecule is O=C1C2=C(C(=O)c3ccccc31)N(c1ccc(Cl)cc1)CC=C2. The predicted octanol–water partition coefficient (Wildman–Crippen LogP) is 4.05. The molecular weight excluding hydrogens is 310 g/mol. The third-order valence-corrected chi connectivity index (χ3v) is 4.36. The van der Waals surface area contributed by atoms with Crippen molar-refractivity contribution < 1.29 is 9.59 Å². The summed E-state index contributed by atoms with van der Waals surface area (Å²) in [5.41, 5.74) is 2.67. The number of halogens is 1. The lowest BCUT2D eigenvalue weighted by molar-refractivity contribution is 0.0974. The quantitative estimate of drug-likeness (QED) is 0.795. The first-order valence-electron chi connectivity index (χ1n) is 7.29. The van der Waals surface area contributed by atoms with Gasteiger partial charge < -0.3 is 4.90 Å². The molecule has 0 N–H and O–H groups in total. The highest BCUT2D eigenvalue weighted by Gasteiger charge is 2.35. The second kappa shape index (κ2) is 5.21. The summed E-state index contributed by atoms with van der Waals surface area (Å²) in [6, 6.07) is 14.2. The van der Waals surface area contributed by atoms with E-state index in [4.69, 9.17) is 11.6 Å². The fourth-order valence-electron chi connectivity index (χ4n) is 3.03. The van der Waals surface area contributed by atoms with Gasteiger partial charge in [-0.15, -0.1) is 0 Å². The van der Waals surface area contributed by atoms with E-state index in [2.05, 4.69) is 0 Å². The van der Waals surface area contributed by atoms with E-state index in [1.807, 2.05) is 23.1 Å². The minimum absolute atomic E-state index is 0.106. The Morgan fingerprint density at radius 3 is 2.22 bits per heavy atom. The molecule has 0 bridgehead atoms. The third-order valence-electron chi connectivity index (χ3n) is 4.11. The first kappa shape index (κ1) is 14.0. The Balaban J connectivity index is 1.88. The van der Waals surface area contributed by atoms with Gasteiger partial charge >= 0.3 is 0 Å². The maximum Gasteiger partial charge on any atom is 0.210 e. The van der Waals surface area contributed by atoms with Gasteiger partial charge in [0.15, 0.2) is 5.78 Å². The second-order valence-electron chi connectivity index (χ2n) is 5.46. The number of hydrogen-bond acceptors (Lipinski definition) is 3. The molecule has 0 unspecified atom stereocenters. The lowest BCUT2D eigenvalue weighted by Gasteiger charge is -2.32. The topological polar surface area (TPSA) is 37.4 Å². The van der Waals surface area contributed by atoms with Crippen molar-refractivity contribution in [3.63, 3.8) is 0 Å². The summed E-state index contributed by atoms with van der Waals surface area (Å²) in [5.74, 6) is -0.223. The summed E-state index contributed by atoms with van der Waals surface area (Å²) in [4.78, 5) is 27.5. The number of anilines is 1. The standard InChI is InChI=1S/C19H12ClNO2/c20-12-7-9-13(10-8-12)21-11-3-6-16-17(21)19(23)15-5-2-1-4-14(15)18(16)22/h1-10H,11H2. The van der Waals surface area contributed by atoms with E-state index < -0.39 is 0 Å². The molecule has 0 radical (unpaired) electrons. The van der Waals surface area contributed by atoms with Crippen LogP contribution in [0.1, 0.15) is 20.7 Å². The number of nitrogens with zero attached hydrogens (tertiary/aromatic N) is 1. The molecule has 3 nitrogen and oxygen atoms in total. The van der Waals surface area contributed by atoms with Gasteiger partial charge in [0.1, 0.15) is 5.70 Å². The molecule has 2 aromatic rings. The molecule has 2 aliphatic rings. The fourth-order valence-corrected chi connectivity index (χ4v) is 3.15. The van der Waals surface area contributed by atoms with Gasteiger partial charge in [0.25, 0.3) is 0 Å². The zero-order valence-electron chi connectivity index (χ0n) is 12.1. The average Bonchev–Trinajstić information content (AvgIpc) is 2.60. The maximum atomic E-state index is 12.9. The summed E-state index contributed by atoms with van der Waals surface area (Å²) >= 11 is 5.94. The molecule has 1 aliphatic carbocycles. The van der Waals surface area contributed by atoms with Crippen molar-refractivity contribution in [3.05, 3.63) is 88.1 Å². The van der Waals surface area contributed by atoms with Crippen LogP contribution in [-0.2, 0) is 0 Å². The summed E-state index contributed by atoms with van der Waals surface area (Å²) in [6.45, 7) is 0.543. The number of hydrogen-bond donors (Lipinski definition) is 0. The van der Waals surface area contributed by atoms with Gasteiger partial charge in [0.2, 0.25) is 5.78 Å². The Morgan fingerprint density at radius 1 is 0.870 bits per heavy atom. The predicted molar refractivity (Wildman–Crippen MR) is 90.1 cm³/mol. The van der Waals surface area contributed by atoms with E-state index in [1.54, 1.807) is 42.5 Å². The van der Waals surface area contributed by atoms with Crippen molar-refractivity contribution in [1.29, 1.82) is 0 Å². The van der Waals surface area contributed by atoms with Crippen LogP contribution >= 0.6 is 11.6 Å². The highest BCUT2D eigenvalue weighted by Crippen LogP contribution is 2.34. The van der Waals surface area contributed by atoms with Crippen molar-refractivity contribution in [3.8, 4) is 0 Å². The van der Waals surface area contributed by atoms with Crippen LogP contribution < -0.4 is 4.90 Å². The van der Waals surface area contributed by atoms with Crippen molar-refractivity contribution in [2.45, 2.75) is 0 Å². The number of allylic oxidation sites excluding steroid dienone is 3. The number of fused-ring (bicyclic) bond motifs is 1. The van der Waals surface area contributed by atoms with Crippen LogP contribution in [0.5, 0.6) is 0 Å². The van der Waals surface area contributed by atoms with Crippen LogP contribution in [-0.4, -0.2) is 18.1 Å². The van der Waals surface area contributed by atoms with Gasteiger partial charge in [-0.05, 0) is 24.3 Å². The maximum absolute atomic E-state index is 12.9. The summed E-state index contributed by atoms with van der Waals surface area (Å²) < 4.78 is 0. The molecule has 0 spiro atoms. The molecule has 2 aromatic carbocycles. The van der Waals surface area contributed by atoms with Crippen molar-refractivity contribution in [2.24, 2.45) is 0 Å². The van der Waals surface area contributed by atoms with Gasteiger partial charge in [0.05, 0.1) is 5.57 Å². The monoisotopic (exact) mass is 321 g/mol. The fraction of sp³-hybridized carbons (Fsp3) is 0.0526. The minimum Gasteiger partial charge on any atom is -0.334 e. The molecule has 23 heavy (non-hydrogen) atoms. The van der Waals surface area contributed by atoms with Gasteiger partial charge in [-0.1, -0.05) is 48.0 Å². The Labute approximate surface area is 138 Å². The Hall–Kier alpha value is -2.65. The molecule has 4 rings (SSSR count). The van der Waals surface area contributed by atoms with Gasteiger partial charge in [-0.3, -0.25) is 9.59 Å². The smallest absolute Gasteiger partial charge is 0.210 e. The van der Waals surface area contributed by atoms with Crippen molar-refractivity contribution in [1.82, 2.24) is 0 Å². The first-order valence-corrected chi connectivity index (χ1v) is 7.67. The van der Waals surface area contributed by atoms with E-state index in [0.717, 1.165) is 5.69 Å². The highest BCUT2D eigenvalue weighted by molar-refractivity contribution is 6.31. The lowest BCUT2D eigenvalue weighted by Crippen LogP contribution is -2.36. The highest BCUT2D eigenvalue weighted by atomic mass is 35.5. The van der Waals surface area contributed by atoms with E-state index in [1.165, 1.54) is 0 Å². The Kier molecular flexibility index (Phi) is 3.17. The van der Waals surface area contributed by atoms with E-state index in [0.29, 0.717) is 34.0 Å². The summed E-state index contributed by atoms with van der Waals surface area (Å²) in [5, 5.41) is 0.631. The molecular formula is C19H12ClNO2. The normalized spacial score (nSPS) is 16.5. The third kappa shape index (κ3) is 2.13. The molecule has 1 heterocycles. The molecule has 1 aliphatic heterocycles. The van der Waals surface area contributed by atoms with E-state index in [9.17, 15) is 9.59 Å². The zero-order chi connectivity index (χ0) is 16.0. The second-order valence-corrected chi connectivity index (χ2v) is 5.89. The van der Waals surface area contributed by atoms with Crippen LogP contribution in [0.4, 0.5) is 5.69 Å². The van der Waals surface area contributed by atoms with Gasteiger partial charge in [0, 0.05) is 28.4 Å². The van der Waals surface area contributed by atoms with Crippen LogP contribution in [0.2, 0.25) is 5.02 Å². The van der Waals surface area contributed by atoms with Gasteiger partial charge in [-0.2, -0.15) is 0 Å². The van der Waals surface area contributed by atoms with Crippen molar-refractivity contribution >= 4 is 28.9 Å². The molecule has 0 fully saturated rings. The molecule has 0 amide bonds. The van der Waals surface area contributed by atoms with Crippen LogP contribution in [0.25, 0.3) is 0 Å². The molecule has 0 aromatic heterocycles. The lowest BCUT2D eigenvalue weighted by atomic mass is 9.85. The Morgan fingerprint density at radius 2 is 1.52 bits per heavy atom. The minimum atomic E-state index is -0.116. The molecule has 0 saturated carbocycles. The number of ketones is 2. The van der Waals surface area contributed by atoms with E-state index in [-0.39, 0.29) is 11.6 Å². The Bertz CT molecular complexity index is 894. The largest absolute Gasteiger partial charge is 0.334 e. The number of rotatable bonds is 1. The molecule has 4 heteroatoms. The first-order chi connectivity index (χ1) is 11.2. The summed E-state index contributed by atoms with van der Waals surface area (Å²) in [7, 11) is 0. The molecule has 0 saturated heterocycles. The number of carbonyl (C=O) groups is 2. The molecule has 112 valence electrons.